The summed E-state index contributed by atoms with van der Waals surface area (Å²) in [5.74, 6) is 0. The van der Waals surface area contributed by atoms with Gasteiger partial charge in [0.05, 0.1) is 0 Å². The summed E-state index contributed by atoms with van der Waals surface area (Å²) in [5.41, 5.74) is 1.32. The molecule has 94 valence electrons. The Morgan fingerprint density at radius 1 is 1.53 bits per heavy atom. The van der Waals surface area contributed by atoms with E-state index in [9.17, 15) is 0 Å². The molecule has 2 rings (SSSR count). The first-order chi connectivity index (χ1) is 8.24. The molecule has 1 aliphatic rings. The molecule has 0 radical (unpaired) electrons. The summed E-state index contributed by atoms with van der Waals surface area (Å²) in [5, 5.41) is 7.04. The second-order valence-corrected chi connectivity index (χ2v) is 5.59. The van der Waals surface area contributed by atoms with E-state index in [1.165, 1.54) is 5.56 Å². The number of benzene rings is 1. The van der Waals surface area contributed by atoms with Crippen molar-refractivity contribution < 1.29 is 0 Å². The molecule has 1 aromatic rings. The molecule has 1 aliphatic heterocycles. The average Bonchev–Trinajstić information content (AvgIpc) is 2.29. The number of nitrogens with one attached hydrogen (secondary N) is 2. The first kappa shape index (κ1) is 13.0. The van der Waals surface area contributed by atoms with Gasteiger partial charge >= 0.3 is 0 Å². The smallest absolute Gasteiger partial charge is 0.0320 e. The summed E-state index contributed by atoms with van der Waals surface area (Å²) in [6.45, 7) is 5.34. The van der Waals surface area contributed by atoms with E-state index in [0.29, 0.717) is 6.04 Å². The van der Waals surface area contributed by atoms with E-state index in [2.05, 4.69) is 62.8 Å². The lowest BCUT2D eigenvalue weighted by molar-refractivity contribution is 0.235. The van der Waals surface area contributed by atoms with Gasteiger partial charge < -0.3 is 15.5 Å². The Bertz CT molecular complexity index is 356. The second-order valence-electron chi connectivity index (χ2n) is 4.67. The van der Waals surface area contributed by atoms with Crippen molar-refractivity contribution in [3.63, 3.8) is 0 Å². The van der Waals surface area contributed by atoms with Gasteiger partial charge in [0.25, 0.3) is 0 Å². The largest absolute Gasteiger partial charge is 0.311 e. The molecule has 0 aromatic heterocycles. The van der Waals surface area contributed by atoms with Crippen LogP contribution in [0.5, 0.6) is 0 Å². The van der Waals surface area contributed by atoms with Crippen LogP contribution in [0.3, 0.4) is 0 Å². The van der Waals surface area contributed by atoms with E-state index in [4.69, 9.17) is 0 Å². The van der Waals surface area contributed by atoms with Crippen molar-refractivity contribution in [2.45, 2.75) is 12.6 Å². The van der Waals surface area contributed by atoms with Crippen LogP contribution < -0.4 is 10.6 Å². The molecule has 2 N–H and O–H groups in total. The first-order valence-corrected chi connectivity index (χ1v) is 6.90. The lowest BCUT2D eigenvalue weighted by Crippen LogP contribution is -2.52. The van der Waals surface area contributed by atoms with Gasteiger partial charge in [-0.2, -0.15) is 0 Å². The Morgan fingerprint density at radius 3 is 3.18 bits per heavy atom. The van der Waals surface area contributed by atoms with Gasteiger partial charge in [-0.1, -0.05) is 28.1 Å². The predicted octanol–water partition coefficient (Wildman–Crippen LogP) is 1.44. The maximum absolute atomic E-state index is 3.53. The zero-order valence-corrected chi connectivity index (χ0v) is 11.8. The molecule has 1 aromatic carbocycles. The minimum atomic E-state index is 0.570. The quantitative estimate of drug-likeness (QED) is 0.881. The van der Waals surface area contributed by atoms with Crippen LogP contribution in [0.1, 0.15) is 5.56 Å². The van der Waals surface area contributed by atoms with Crippen LogP contribution in [0.4, 0.5) is 0 Å². The SMILES string of the molecule is CN1CCNC(CNCc2cccc(Br)c2)C1. The maximum Gasteiger partial charge on any atom is 0.0320 e. The van der Waals surface area contributed by atoms with Crippen LogP contribution in [0.15, 0.2) is 28.7 Å². The topological polar surface area (TPSA) is 27.3 Å². The fourth-order valence-electron chi connectivity index (χ4n) is 2.17. The van der Waals surface area contributed by atoms with Crippen molar-refractivity contribution in [2.75, 3.05) is 33.2 Å². The number of rotatable bonds is 4. The lowest BCUT2D eigenvalue weighted by atomic mass is 10.2. The Kier molecular flexibility index (Phi) is 4.98. The Balaban J connectivity index is 1.72. The van der Waals surface area contributed by atoms with Crippen molar-refractivity contribution in [1.82, 2.24) is 15.5 Å². The molecular formula is C13H20BrN3. The van der Waals surface area contributed by atoms with Gasteiger partial charge in [-0.15, -0.1) is 0 Å². The molecule has 1 saturated heterocycles. The lowest BCUT2D eigenvalue weighted by Gasteiger charge is -2.31. The normalized spacial score (nSPS) is 21.6. The van der Waals surface area contributed by atoms with Crippen LogP contribution in [0, 0.1) is 0 Å². The standard InChI is InChI=1S/C13H20BrN3/c1-17-6-5-16-13(10-17)9-15-8-11-3-2-4-12(14)7-11/h2-4,7,13,15-16H,5-6,8-10H2,1H3. The highest BCUT2D eigenvalue weighted by molar-refractivity contribution is 9.10. The molecule has 1 heterocycles. The summed E-state index contributed by atoms with van der Waals surface area (Å²) >= 11 is 3.49. The fraction of sp³-hybridized carbons (Fsp3) is 0.538. The van der Waals surface area contributed by atoms with E-state index in [-0.39, 0.29) is 0 Å². The minimum absolute atomic E-state index is 0.570. The maximum atomic E-state index is 3.53. The Hall–Kier alpha value is -0.420. The van der Waals surface area contributed by atoms with Gasteiger partial charge in [0.15, 0.2) is 0 Å². The molecule has 1 atom stereocenters. The summed E-state index contributed by atoms with van der Waals surface area (Å²) in [4.78, 5) is 2.38. The number of hydrogen-bond donors (Lipinski definition) is 2. The predicted molar refractivity (Wildman–Crippen MR) is 75.1 cm³/mol. The molecule has 1 unspecified atom stereocenters. The number of nitrogens with zero attached hydrogens (tertiary/aromatic N) is 1. The van der Waals surface area contributed by atoms with Gasteiger partial charge in [0.1, 0.15) is 0 Å². The van der Waals surface area contributed by atoms with Gasteiger partial charge in [-0.05, 0) is 24.7 Å². The third kappa shape index (κ3) is 4.39. The third-order valence-corrected chi connectivity index (χ3v) is 3.56. The summed E-state index contributed by atoms with van der Waals surface area (Å²) in [6.07, 6.45) is 0. The van der Waals surface area contributed by atoms with E-state index < -0.39 is 0 Å². The molecule has 1 fully saturated rings. The van der Waals surface area contributed by atoms with Crippen molar-refractivity contribution >= 4 is 15.9 Å². The first-order valence-electron chi connectivity index (χ1n) is 6.11. The van der Waals surface area contributed by atoms with Gasteiger partial charge in [0, 0.05) is 43.2 Å². The van der Waals surface area contributed by atoms with Crippen molar-refractivity contribution in [3.05, 3.63) is 34.3 Å². The highest BCUT2D eigenvalue weighted by Gasteiger charge is 2.15. The monoisotopic (exact) mass is 297 g/mol. The van der Waals surface area contributed by atoms with Crippen molar-refractivity contribution in [2.24, 2.45) is 0 Å². The number of hydrogen-bond acceptors (Lipinski definition) is 3. The summed E-state index contributed by atoms with van der Waals surface area (Å²) in [7, 11) is 2.18. The van der Waals surface area contributed by atoms with Crippen LogP contribution >= 0.6 is 15.9 Å². The zero-order chi connectivity index (χ0) is 12.1. The summed E-state index contributed by atoms with van der Waals surface area (Å²) in [6, 6.07) is 9.02. The molecule has 0 saturated carbocycles. The van der Waals surface area contributed by atoms with Crippen LogP contribution in [-0.4, -0.2) is 44.2 Å². The fourth-order valence-corrected chi connectivity index (χ4v) is 2.61. The number of piperazine rings is 1. The van der Waals surface area contributed by atoms with E-state index in [0.717, 1.165) is 37.2 Å². The molecule has 0 amide bonds. The van der Waals surface area contributed by atoms with Crippen molar-refractivity contribution in [3.8, 4) is 0 Å². The van der Waals surface area contributed by atoms with Crippen LogP contribution in [0.25, 0.3) is 0 Å². The molecule has 0 aliphatic carbocycles. The van der Waals surface area contributed by atoms with Crippen LogP contribution in [0.2, 0.25) is 0 Å². The Labute approximate surface area is 112 Å². The third-order valence-electron chi connectivity index (χ3n) is 3.07. The molecule has 17 heavy (non-hydrogen) atoms. The molecule has 0 bridgehead atoms. The average molecular weight is 298 g/mol. The van der Waals surface area contributed by atoms with E-state index >= 15 is 0 Å². The molecule has 0 spiro atoms. The van der Waals surface area contributed by atoms with Gasteiger partial charge in [-0.3, -0.25) is 0 Å². The molecular weight excluding hydrogens is 278 g/mol. The minimum Gasteiger partial charge on any atom is -0.311 e. The second kappa shape index (κ2) is 6.50. The Morgan fingerprint density at radius 2 is 2.41 bits per heavy atom. The van der Waals surface area contributed by atoms with E-state index in [1.807, 2.05) is 0 Å². The number of likely N-dealkylation sites (N-methyl/N-ethyl adjacent to an activating group) is 1. The van der Waals surface area contributed by atoms with Gasteiger partial charge in [-0.25, -0.2) is 0 Å². The van der Waals surface area contributed by atoms with E-state index in [1.54, 1.807) is 0 Å². The number of halogens is 1. The zero-order valence-electron chi connectivity index (χ0n) is 10.2. The van der Waals surface area contributed by atoms with Crippen molar-refractivity contribution in [1.29, 1.82) is 0 Å². The molecule has 4 heteroatoms. The van der Waals surface area contributed by atoms with Gasteiger partial charge in [0.2, 0.25) is 0 Å². The summed E-state index contributed by atoms with van der Waals surface area (Å²) < 4.78 is 1.15. The molecule has 3 nitrogen and oxygen atoms in total. The van der Waals surface area contributed by atoms with Crippen LogP contribution in [-0.2, 0) is 6.54 Å². The highest BCUT2D eigenvalue weighted by Crippen LogP contribution is 2.11. The highest BCUT2D eigenvalue weighted by atomic mass is 79.9.